The van der Waals surface area contributed by atoms with Gasteiger partial charge in [-0.05, 0) is 60.4 Å². The molecule has 1 aromatic rings. The van der Waals surface area contributed by atoms with E-state index >= 15 is 0 Å². The molecular weight excluding hydrogens is 376 g/mol. The molecule has 28 heavy (non-hydrogen) atoms. The topological polar surface area (TPSA) is 87.0 Å². The maximum Gasteiger partial charge on any atom is 0.303 e. The summed E-state index contributed by atoms with van der Waals surface area (Å²) >= 11 is 1.69. The van der Waals surface area contributed by atoms with E-state index in [4.69, 9.17) is 9.84 Å². The Morgan fingerprint density at radius 1 is 1.36 bits per heavy atom. The summed E-state index contributed by atoms with van der Waals surface area (Å²) in [5, 5.41) is 33.6. The lowest BCUT2D eigenvalue weighted by molar-refractivity contribution is -0.137. The Hall–Kier alpha value is -1.47. The van der Waals surface area contributed by atoms with Crippen LogP contribution in [0.25, 0.3) is 0 Å². The Morgan fingerprint density at radius 2 is 2.18 bits per heavy atom. The van der Waals surface area contributed by atoms with Gasteiger partial charge in [-0.3, -0.25) is 4.79 Å². The van der Waals surface area contributed by atoms with Crippen LogP contribution in [0.3, 0.4) is 0 Å². The molecule has 5 unspecified atom stereocenters. The quantitative estimate of drug-likeness (QED) is 0.362. The van der Waals surface area contributed by atoms with Crippen molar-refractivity contribution in [3.8, 4) is 0 Å². The third-order valence-corrected chi connectivity index (χ3v) is 6.13. The number of aliphatic carboxylic acids is 1. The molecule has 5 nitrogen and oxygen atoms in total. The van der Waals surface area contributed by atoms with Gasteiger partial charge >= 0.3 is 5.97 Å². The first-order valence-corrected chi connectivity index (χ1v) is 10.9. The SMILES string of the molecule is COC(/C=C/C1C(O)CC(O)C1C/C=C/CCCC(=O)O)CCc1ccsc1. The molecule has 0 aromatic carbocycles. The van der Waals surface area contributed by atoms with Crippen molar-refractivity contribution < 1.29 is 24.9 Å². The monoisotopic (exact) mass is 408 g/mol. The molecule has 6 heteroatoms. The summed E-state index contributed by atoms with van der Waals surface area (Å²) in [5.74, 6) is -0.909. The van der Waals surface area contributed by atoms with Crippen molar-refractivity contribution >= 4 is 17.3 Å². The Balaban J connectivity index is 1.85. The number of ether oxygens (including phenoxy) is 1. The molecule has 1 aliphatic carbocycles. The fourth-order valence-electron chi connectivity index (χ4n) is 3.74. The number of hydrogen-bond acceptors (Lipinski definition) is 5. The molecule has 0 radical (unpaired) electrons. The zero-order valence-electron chi connectivity index (χ0n) is 16.4. The van der Waals surface area contributed by atoms with Crippen molar-refractivity contribution in [1.29, 1.82) is 0 Å². The van der Waals surface area contributed by atoms with Gasteiger partial charge in [-0.15, -0.1) is 0 Å². The Morgan fingerprint density at radius 3 is 2.86 bits per heavy atom. The summed E-state index contributed by atoms with van der Waals surface area (Å²) < 4.78 is 5.56. The van der Waals surface area contributed by atoms with E-state index in [1.54, 1.807) is 18.4 Å². The summed E-state index contributed by atoms with van der Waals surface area (Å²) in [4.78, 5) is 10.5. The number of thiophene rings is 1. The lowest BCUT2D eigenvalue weighted by Crippen LogP contribution is -2.20. The number of aliphatic hydroxyl groups is 2. The van der Waals surface area contributed by atoms with Crippen LogP contribution >= 0.6 is 11.3 Å². The van der Waals surface area contributed by atoms with Gasteiger partial charge in [0.05, 0.1) is 18.3 Å². The van der Waals surface area contributed by atoms with Crippen LogP contribution in [0.2, 0.25) is 0 Å². The molecule has 1 saturated carbocycles. The molecule has 0 saturated heterocycles. The molecule has 0 amide bonds. The third kappa shape index (κ3) is 7.51. The summed E-state index contributed by atoms with van der Waals surface area (Å²) in [6, 6.07) is 2.12. The van der Waals surface area contributed by atoms with E-state index in [1.165, 1.54) is 5.56 Å². The van der Waals surface area contributed by atoms with Crippen LogP contribution in [-0.4, -0.2) is 46.7 Å². The van der Waals surface area contributed by atoms with Crippen molar-refractivity contribution in [2.24, 2.45) is 11.8 Å². The minimum Gasteiger partial charge on any atom is -0.481 e. The van der Waals surface area contributed by atoms with E-state index in [2.05, 4.69) is 16.8 Å². The minimum absolute atomic E-state index is 0.0166. The zero-order chi connectivity index (χ0) is 20.4. The van der Waals surface area contributed by atoms with Crippen LogP contribution in [0.1, 0.15) is 44.1 Å². The van der Waals surface area contributed by atoms with Gasteiger partial charge in [0.2, 0.25) is 0 Å². The highest BCUT2D eigenvalue weighted by atomic mass is 32.1. The van der Waals surface area contributed by atoms with Crippen molar-refractivity contribution in [3.63, 3.8) is 0 Å². The average molecular weight is 409 g/mol. The van der Waals surface area contributed by atoms with Crippen LogP contribution in [0.15, 0.2) is 41.1 Å². The molecular formula is C22H32O5S. The van der Waals surface area contributed by atoms with Crippen molar-refractivity contribution in [1.82, 2.24) is 0 Å². The highest BCUT2D eigenvalue weighted by Gasteiger charge is 2.39. The zero-order valence-corrected chi connectivity index (χ0v) is 17.3. The Bertz CT molecular complexity index is 625. The fraction of sp³-hybridized carbons (Fsp3) is 0.591. The summed E-state index contributed by atoms with van der Waals surface area (Å²) in [6.07, 6.45) is 11.3. The van der Waals surface area contributed by atoms with E-state index in [0.717, 1.165) is 12.8 Å². The van der Waals surface area contributed by atoms with Crippen molar-refractivity contribution in [3.05, 3.63) is 46.7 Å². The summed E-state index contributed by atoms with van der Waals surface area (Å²) in [5.41, 5.74) is 1.31. The first kappa shape index (κ1) is 22.8. The number of aryl methyl sites for hydroxylation is 1. The number of carbonyl (C=O) groups is 1. The first-order chi connectivity index (χ1) is 13.5. The number of rotatable bonds is 12. The molecule has 5 atom stereocenters. The second-order valence-corrected chi connectivity index (χ2v) is 8.21. The molecule has 0 bridgehead atoms. The first-order valence-electron chi connectivity index (χ1n) is 9.96. The average Bonchev–Trinajstić information content (AvgIpc) is 3.26. The van der Waals surface area contributed by atoms with Gasteiger partial charge < -0.3 is 20.1 Å². The fourth-order valence-corrected chi connectivity index (χ4v) is 4.44. The van der Waals surface area contributed by atoms with Gasteiger partial charge in [0.1, 0.15) is 0 Å². The molecule has 1 aromatic heterocycles. The number of methoxy groups -OCH3 is 1. The molecule has 0 spiro atoms. The maximum atomic E-state index is 10.5. The van der Waals surface area contributed by atoms with Crippen molar-refractivity contribution in [2.75, 3.05) is 7.11 Å². The van der Waals surface area contributed by atoms with Crippen LogP contribution in [0.5, 0.6) is 0 Å². The number of carboxylic acid groups (broad SMARTS) is 1. The normalized spacial score (nSPS) is 26.4. The number of carboxylic acids is 1. The van der Waals surface area contributed by atoms with E-state index in [9.17, 15) is 15.0 Å². The van der Waals surface area contributed by atoms with Crippen LogP contribution in [0.4, 0.5) is 0 Å². The van der Waals surface area contributed by atoms with Crippen LogP contribution < -0.4 is 0 Å². The molecule has 2 rings (SSSR count). The highest BCUT2D eigenvalue weighted by molar-refractivity contribution is 7.07. The smallest absolute Gasteiger partial charge is 0.303 e. The number of aliphatic hydroxyl groups excluding tert-OH is 2. The molecule has 1 fully saturated rings. The van der Waals surface area contributed by atoms with Gasteiger partial charge in [-0.2, -0.15) is 11.3 Å². The molecule has 1 heterocycles. The van der Waals surface area contributed by atoms with Crippen LogP contribution in [-0.2, 0) is 16.0 Å². The van der Waals surface area contributed by atoms with E-state index in [0.29, 0.717) is 25.7 Å². The number of hydrogen-bond donors (Lipinski definition) is 3. The maximum absolute atomic E-state index is 10.5. The number of allylic oxidation sites excluding steroid dienone is 2. The lowest BCUT2D eigenvalue weighted by Gasteiger charge is -2.20. The third-order valence-electron chi connectivity index (χ3n) is 5.40. The van der Waals surface area contributed by atoms with Gasteiger partial charge in [-0.25, -0.2) is 0 Å². The predicted octanol–water partition coefficient (Wildman–Crippen LogP) is 3.81. The largest absolute Gasteiger partial charge is 0.481 e. The predicted molar refractivity (Wildman–Crippen MR) is 111 cm³/mol. The molecule has 156 valence electrons. The Labute approximate surface area is 171 Å². The molecule has 3 N–H and O–H groups in total. The van der Waals surface area contributed by atoms with Gasteiger partial charge in [0.15, 0.2) is 0 Å². The second-order valence-electron chi connectivity index (χ2n) is 7.43. The Kier molecular flexibility index (Phi) is 9.92. The van der Waals surface area contributed by atoms with E-state index < -0.39 is 18.2 Å². The van der Waals surface area contributed by atoms with Gasteiger partial charge in [-0.1, -0.05) is 24.3 Å². The standard InChI is InChI=1S/C22H32O5S/c1-27-17(9-8-16-12-13-28-15-16)10-11-19-18(20(23)14-21(19)24)6-4-2-3-5-7-22(25)26/h2,4,10-13,15,17-21,23-24H,3,5-9,14H2,1H3,(H,25,26)/b4-2+,11-10+. The lowest BCUT2D eigenvalue weighted by atomic mass is 9.89. The van der Waals surface area contributed by atoms with Crippen LogP contribution in [0, 0.1) is 11.8 Å². The highest BCUT2D eigenvalue weighted by Crippen LogP contribution is 2.36. The van der Waals surface area contributed by atoms with Crippen molar-refractivity contribution in [2.45, 2.75) is 63.3 Å². The molecule has 1 aliphatic rings. The van der Waals surface area contributed by atoms with E-state index in [1.807, 2.05) is 24.3 Å². The van der Waals surface area contributed by atoms with Gasteiger partial charge in [0.25, 0.3) is 0 Å². The van der Waals surface area contributed by atoms with Gasteiger partial charge in [0, 0.05) is 25.9 Å². The summed E-state index contributed by atoms with van der Waals surface area (Å²) in [6.45, 7) is 0. The second kappa shape index (κ2) is 12.2. The van der Waals surface area contributed by atoms with E-state index in [-0.39, 0.29) is 24.4 Å². The summed E-state index contributed by atoms with van der Waals surface area (Å²) in [7, 11) is 1.69. The molecule has 0 aliphatic heterocycles. The number of unbranched alkanes of at least 4 members (excludes halogenated alkanes) is 1. The minimum atomic E-state index is -0.778.